The van der Waals surface area contributed by atoms with Crippen LogP contribution in [-0.2, 0) is 20.8 Å². The number of carbonyl (C=O) groups is 1. The lowest BCUT2D eigenvalue weighted by Gasteiger charge is -2.42. The zero-order valence-corrected chi connectivity index (χ0v) is 24.0. The molecule has 0 unspecified atom stereocenters. The first kappa shape index (κ1) is 28.5. The van der Waals surface area contributed by atoms with E-state index in [1.54, 1.807) is 13.8 Å². The van der Waals surface area contributed by atoms with Gasteiger partial charge < -0.3 is 9.84 Å². The molecule has 0 bridgehead atoms. The number of aromatic amines is 1. The highest BCUT2D eigenvalue weighted by atomic mass is 16.6. The number of rotatable bonds is 8. The Hall–Kier alpha value is -4.64. The van der Waals surface area contributed by atoms with Crippen LogP contribution in [0.1, 0.15) is 37.0 Å². The number of hydrogen-bond donors (Lipinski definition) is 4. The lowest BCUT2D eigenvalue weighted by Crippen LogP contribution is -2.44. The van der Waals surface area contributed by atoms with E-state index in [9.17, 15) is 14.7 Å². The van der Waals surface area contributed by atoms with Crippen molar-refractivity contribution in [2.45, 2.75) is 37.6 Å². The Kier molecular flexibility index (Phi) is 7.43. The van der Waals surface area contributed by atoms with Gasteiger partial charge in [-0.15, -0.1) is 0 Å². The summed E-state index contributed by atoms with van der Waals surface area (Å²) in [7, 11) is 0. The topological polar surface area (TPSA) is 148 Å². The molecule has 1 amide bonds. The number of amides is 1. The largest absolute Gasteiger partial charge is 0.394 e. The zero-order valence-electron chi connectivity index (χ0n) is 24.0. The average Bonchev–Trinajstić information content (AvgIpc) is 3.62. The number of nitrogens with one attached hydrogen (secondary N) is 2. The van der Waals surface area contributed by atoms with E-state index in [4.69, 9.17) is 10.5 Å². The second-order valence-electron chi connectivity index (χ2n) is 11.2. The maximum atomic E-state index is 12.9. The zero-order chi connectivity index (χ0) is 30.2. The number of aromatic nitrogens is 4. The van der Waals surface area contributed by atoms with Gasteiger partial charge in [0, 0.05) is 18.3 Å². The van der Waals surface area contributed by atoms with Gasteiger partial charge in [0.2, 0.25) is 17.7 Å². The summed E-state index contributed by atoms with van der Waals surface area (Å²) in [6.07, 6.45) is 0.961. The highest BCUT2D eigenvalue weighted by Gasteiger charge is 2.56. The third kappa shape index (κ3) is 4.83. The van der Waals surface area contributed by atoms with Crippen molar-refractivity contribution < 1.29 is 14.6 Å². The lowest BCUT2D eigenvalue weighted by molar-refractivity contribution is -0.118. The number of aliphatic hydroxyl groups is 1. The van der Waals surface area contributed by atoms with Crippen LogP contribution < -0.4 is 16.6 Å². The van der Waals surface area contributed by atoms with Gasteiger partial charge in [-0.1, -0.05) is 105 Å². The molecule has 5 aromatic rings. The summed E-state index contributed by atoms with van der Waals surface area (Å²) in [6, 6.07) is 30.5. The average molecular weight is 579 g/mol. The molecule has 220 valence electrons. The molecule has 43 heavy (non-hydrogen) atoms. The fraction of sp³-hybridized carbons (Fsp3) is 0.273. The lowest BCUT2D eigenvalue weighted by atomic mass is 9.59. The smallest absolute Gasteiger partial charge is 0.280 e. The molecule has 1 fully saturated rings. The van der Waals surface area contributed by atoms with Gasteiger partial charge in [-0.2, -0.15) is 4.98 Å². The van der Waals surface area contributed by atoms with Crippen LogP contribution in [0.5, 0.6) is 0 Å². The molecule has 3 aromatic carbocycles. The van der Waals surface area contributed by atoms with Crippen molar-refractivity contribution >= 4 is 23.0 Å². The molecule has 2 aromatic heterocycles. The number of nitrogens with zero attached hydrogens (tertiary/aromatic N) is 3. The fourth-order valence-electron chi connectivity index (χ4n) is 6.34. The van der Waals surface area contributed by atoms with Crippen molar-refractivity contribution in [2.24, 2.45) is 17.6 Å². The van der Waals surface area contributed by atoms with E-state index in [1.807, 2.05) is 54.6 Å². The van der Waals surface area contributed by atoms with Crippen LogP contribution in [-0.4, -0.2) is 43.2 Å². The molecule has 0 saturated carbocycles. The van der Waals surface area contributed by atoms with E-state index in [0.29, 0.717) is 0 Å². The maximum Gasteiger partial charge on any atom is 0.280 e. The van der Waals surface area contributed by atoms with Crippen molar-refractivity contribution in [1.29, 1.82) is 0 Å². The summed E-state index contributed by atoms with van der Waals surface area (Å²) in [5.74, 6) is -2.53. The van der Waals surface area contributed by atoms with Gasteiger partial charge in [0.1, 0.15) is 6.33 Å². The van der Waals surface area contributed by atoms with Gasteiger partial charge in [0.25, 0.3) is 5.56 Å². The van der Waals surface area contributed by atoms with E-state index in [2.05, 4.69) is 56.7 Å². The van der Waals surface area contributed by atoms with Gasteiger partial charge >= 0.3 is 0 Å². The Morgan fingerprint density at radius 2 is 1.58 bits per heavy atom. The van der Waals surface area contributed by atoms with Crippen LogP contribution in [0.2, 0.25) is 0 Å². The first-order chi connectivity index (χ1) is 20.8. The Morgan fingerprint density at radius 3 is 2.07 bits per heavy atom. The van der Waals surface area contributed by atoms with E-state index < -0.39 is 22.9 Å². The second-order valence-corrected chi connectivity index (χ2v) is 11.2. The summed E-state index contributed by atoms with van der Waals surface area (Å²) in [5.41, 5.74) is 9.07. The van der Waals surface area contributed by atoms with Crippen molar-refractivity contribution in [3.63, 3.8) is 0 Å². The van der Waals surface area contributed by atoms with Gasteiger partial charge in [-0.25, -0.2) is 4.98 Å². The van der Waals surface area contributed by atoms with Crippen LogP contribution >= 0.6 is 0 Å². The number of H-pyrrole nitrogens is 1. The molecule has 10 heteroatoms. The van der Waals surface area contributed by atoms with Crippen LogP contribution in [0.25, 0.3) is 11.2 Å². The highest BCUT2D eigenvalue weighted by Crippen LogP contribution is 2.53. The first-order valence-corrected chi connectivity index (χ1v) is 14.3. The third-order valence-electron chi connectivity index (χ3n) is 8.32. The third-order valence-corrected chi connectivity index (χ3v) is 8.32. The normalized spacial score (nSPS) is 20.5. The number of imidazole rings is 1. The predicted molar refractivity (Wildman–Crippen MR) is 163 cm³/mol. The Bertz CT molecular complexity index is 1690. The fourth-order valence-corrected chi connectivity index (χ4v) is 6.34. The number of aliphatic hydroxyl groups excluding tert-OH is 1. The van der Waals surface area contributed by atoms with E-state index in [1.165, 1.54) is 10.9 Å². The van der Waals surface area contributed by atoms with E-state index in [0.717, 1.165) is 16.7 Å². The summed E-state index contributed by atoms with van der Waals surface area (Å²) in [6.45, 7) is 3.18. The van der Waals surface area contributed by atoms with E-state index >= 15 is 0 Å². The Balaban J connectivity index is 1.54. The van der Waals surface area contributed by atoms with Crippen LogP contribution in [0, 0.1) is 11.8 Å². The maximum absolute atomic E-state index is 12.9. The molecule has 0 radical (unpaired) electrons. The molecular formula is C33H34N6O4. The molecule has 3 heterocycles. The molecule has 1 aliphatic heterocycles. The molecule has 5 N–H and O–H groups in total. The van der Waals surface area contributed by atoms with Crippen LogP contribution in [0.3, 0.4) is 0 Å². The summed E-state index contributed by atoms with van der Waals surface area (Å²) < 4.78 is 8.07. The summed E-state index contributed by atoms with van der Waals surface area (Å²) in [4.78, 5) is 36.7. The van der Waals surface area contributed by atoms with Crippen molar-refractivity contribution in [2.75, 3.05) is 11.9 Å². The molecule has 0 spiro atoms. The SMILES string of the molecule is CC(C)C(=O)Nc1nc2c(ncn2[C@@]2(N)C[C@H](C(c3ccccc3)(c3ccccc3)c3ccccc3)[C@@H](CO)O2)c(=O)[nH]1. The molecule has 1 aliphatic rings. The number of benzene rings is 3. The number of carbonyl (C=O) groups excluding carboxylic acids is 1. The van der Waals surface area contributed by atoms with Crippen molar-refractivity contribution in [1.82, 2.24) is 19.5 Å². The number of nitrogens with two attached hydrogens (primary N) is 1. The molecular weight excluding hydrogens is 544 g/mol. The van der Waals surface area contributed by atoms with Gasteiger partial charge in [-0.05, 0) is 16.7 Å². The number of ether oxygens (including phenoxy) is 1. The summed E-state index contributed by atoms with van der Waals surface area (Å²) in [5, 5.41) is 13.4. The molecule has 6 rings (SSSR count). The molecule has 10 nitrogen and oxygen atoms in total. The number of hydrogen-bond acceptors (Lipinski definition) is 7. The van der Waals surface area contributed by atoms with Crippen LogP contribution in [0.15, 0.2) is 102 Å². The quantitative estimate of drug-likeness (QED) is 0.205. The van der Waals surface area contributed by atoms with E-state index in [-0.39, 0.29) is 47.9 Å². The number of anilines is 1. The Morgan fingerprint density at radius 1 is 1.05 bits per heavy atom. The minimum absolute atomic E-state index is 0.0120. The van der Waals surface area contributed by atoms with Gasteiger partial charge in [-0.3, -0.25) is 30.2 Å². The Labute approximate surface area is 248 Å². The molecule has 0 aliphatic carbocycles. The standard InChI is InChI=1S/C33H34N6O4/c1-21(2)29(41)37-31-36-28-27(30(42)38-31)35-20-39(28)32(34)18-25(26(19-40)43-32)33(22-12-6-3-7-13-22,23-14-8-4-9-15-23)24-16-10-5-11-17-24/h3-17,20-21,25-26,40H,18-19,34H2,1-2H3,(H2,36,37,38,41,42)/t25-,26+,32-/m0/s1. The van der Waals surface area contributed by atoms with Crippen molar-refractivity contribution in [3.8, 4) is 0 Å². The summed E-state index contributed by atoms with van der Waals surface area (Å²) >= 11 is 0. The molecule has 1 saturated heterocycles. The minimum atomic E-state index is -1.53. The van der Waals surface area contributed by atoms with Gasteiger partial charge in [0.15, 0.2) is 11.2 Å². The minimum Gasteiger partial charge on any atom is -0.394 e. The van der Waals surface area contributed by atoms with Gasteiger partial charge in [0.05, 0.1) is 18.1 Å². The monoisotopic (exact) mass is 578 g/mol. The highest BCUT2D eigenvalue weighted by molar-refractivity contribution is 5.91. The van der Waals surface area contributed by atoms with Crippen molar-refractivity contribution in [3.05, 3.63) is 124 Å². The number of fused-ring (bicyclic) bond motifs is 1. The van der Waals surface area contributed by atoms with Crippen LogP contribution in [0.4, 0.5) is 5.95 Å². The molecule has 3 atom stereocenters. The first-order valence-electron chi connectivity index (χ1n) is 14.3. The predicted octanol–water partition coefficient (Wildman–Crippen LogP) is 3.72. The second kappa shape index (κ2) is 11.2.